The Bertz CT molecular complexity index is 210. The van der Waals surface area contributed by atoms with Crippen LogP contribution in [0.25, 0.3) is 0 Å². The summed E-state index contributed by atoms with van der Waals surface area (Å²) < 4.78 is 0. The van der Waals surface area contributed by atoms with Crippen LogP contribution in [0.4, 0.5) is 0 Å². The summed E-state index contributed by atoms with van der Waals surface area (Å²) >= 11 is 0. The Kier molecular flexibility index (Phi) is 10.2. The van der Waals surface area contributed by atoms with Crippen LogP contribution < -0.4 is 0 Å². The molecule has 0 heterocycles. The minimum absolute atomic E-state index is 0.338. The lowest BCUT2D eigenvalue weighted by molar-refractivity contribution is -0.0641. The van der Waals surface area contributed by atoms with Gasteiger partial charge in [-0.1, -0.05) is 39.0 Å². The van der Waals surface area contributed by atoms with Crippen molar-refractivity contribution in [2.45, 2.75) is 76.6 Å². The maximum Gasteiger partial charge on any atom is 0.106 e. The molecule has 0 rings (SSSR count). The van der Waals surface area contributed by atoms with Gasteiger partial charge in [-0.15, -0.1) is 12.3 Å². The molecule has 3 unspecified atom stereocenters. The molecule has 0 amide bonds. The third-order valence-electron chi connectivity index (χ3n) is 2.98. The van der Waals surface area contributed by atoms with Crippen LogP contribution in [-0.4, -0.2) is 33.6 Å². The van der Waals surface area contributed by atoms with Crippen molar-refractivity contribution in [3.05, 3.63) is 0 Å². The van der Waals surface area contributed by atoms with Crippen LogP contribution >= 0.6 is 0 Å². The molecular weight excluding hydrogens is 216 g/mol. The summed E-state index contributed by atoms with van der Waals surface area (Å²) in [6.45, 7) is 2.15. The molecule has 3 nitrogen and oxygen atoms in total. The molecule has 0 radical (unpaired) electrons. The second-order valence-corrected chi connectivity index (χ2v) is 4.57. The van der Waals surface area contributed by atoms with Crippen molar-refractivity contribution in [2.24, 2.45) is 0 Å². The van der Waals surface area contributed by atoms with Gasteiger partial charge in [0, 0.05) is 6.42 Å². The summed E-state index contributed by atoms with van der Waals surface area (Å²) in [4.78, 5) is 0. The van der Waals surface area contributed by atoms with Crippen LogP contribution in [0.1, 0.15) is 58.3 Å². The third kappa shape index (κ3) is 8.20. The summed E-state index contributed by atoms with van der Waals surface area (Å²) in [7, 11) is 0. The van der Waals surface area contributed by atoms with Gasteiger partial charge in [0.05, 0.1) is 12.2 Å². The smallest absolute Gasteiger partial charge is 0.106 e. The molecule has 0 saturated carbocycles. The number of aliphatic hydroxyl groups excluding tert-OH is 3. The van der Waals surface area contributed by atoms with Crippen LogP contribution in [0, 0.1) is 12.3 Å². The van der Waals surface area contributed by atoms with Crippen LogP contribution in [0.5, 0.6) is 0 Å². The molecule has 0 aliphatic carbocycles. The molecule has 0 aromatic heterocycles. The lowest BCUT2D eigenvalue weighted by Crippen LogP contribution is -2.37. The second-order valence-electron chi connectivity index (χ2n) is 4.57. The molecule has 3 heteroatoms. The largest absolute Gasteiger partial charge is 0.390 e. The van der Waals surface area contributed by atoms with E-state index in [4.69, 9.17) is 6.42 Å². The van der Waals surface area contributed by atoms with Crippen LogP contribution in [-0.2, 0) is 0 Å². The maximum atomic E-state index is 9.68. The first-order valence-corrected chi connectivity index (χ1v) is 6.61. The summed E-state index contributed by atoms with van der Waals surface area (Å²) in [6, 6.07) is 0. The van der Waals surface area contributed by atoms with Gasteiger partial charge >= 0.3 is 0 Å². The van der Waals surface area contributed by atoms with Gasteiger partial charge in [-0.05, 0) is 12.8 Å². The lowest BCUT2D eigenvalue weighted by atomic mass is 9.99. The summed E-state index contributed by atoms with van der Waals surface area (Å²) in [5.74, 6) is 2.41. The Morgan fingerprint density at radius 1 is 0.941 bits per heavy atom. The van der Waals surface area contributed by atoms with Gasteiger partial charge < -0.3 is 15.3 Å². The molecule has 3 N–H and O–H groups in total. The predicted octanol–water partition coefficient (Wildman–Crippen LogP) is 1.84. The lowest BCUT2D eigenvalue weighted by Gasteiger charge is -2.22. The molecule has 100 valence electrons. The van der Waals surface area contributed by atoms with Gasteiger partial charge in [0.15, 0.2) is 0 Å². The molecule has 17 heavy (non-hydrogen) atoms. The minimum atomic E-state index is -1.07. The number of rotatable bonds is 10. The predicted molar refractivity (Wildman–Crippen MR) is 69.5 cm³/mol. The van der Waals surface area contributed by atoms with E-state index in [1.54, 1.807) is 0 Å². The van der Waals surface area contributed by atoms with Crippen molar-refractivity contribution < 1.29 is 15.3 Å². The SMILES string of the molecule is C#CCCC(O)C(O)C(O)CCCCCCC. The van der Waals surface area contributed by atoms with E-state index in [1.165, 1.54) is 19.3 Å². The van der Waals surface area contributed by atoms with Crippen LogP contribution in [0.15, 0.2) is 0 Å². The molecule has 0 aliphatic heterocycles. The van der Waals surface area contributed by atoms with E-state index >= 15 is 0 Å². The topological polar surface area (TPSA) is 60.7 Å². The third-order valence-corrected chi connectivity index (χ3v) is 2.98. The average molecular weight is 242 g/mol. The Hall–Kier alpha value is -0.560. The molecule has 0 fully saturated rings. The first-order valence-electron chi connectivity index (χ1n) is 6.61. The van der Waals surface area contributed by atoms with Gasteiger partial charge in [-0.2, -0.15) is 0 Å². The average Bonchev–Trinajstić information content (AvgIpc) is 2.34. The number of hydrogen-bond acceptors (Lipinski definition) is 3. The van der Waals surface area contributed by atoms with E-state index in [1.807, 2.05) is 0 Å². The highest BCUT2D eigenvalue weighted by molar-refractivity contribution is 4.86. The van der Waals surface area contributed by atoms with Gasteiger partial charge in [0.1, 0.15) is 6.10 Å². The standard InChI is InChI=1S/C14H26O3/c1-3-5-7-8-9-11-13(16)14(17)12(15)10-6-4-2/h2,12-17H,3,5-11H2,1H3. The van der Waals surface area contributed by atoms with Crippen molar-refractivity contribution in [2.75, 3.05) is 0 Å². The highest BCUT2D eigenvalue weighted by Gasteiger charge is 2.23. The quantitative estimate of drug-likeness (QED) is 0.405. The van der Waals surface area contributed by atoms with Crippen molar-refractivity contribution >= 4 is 0 Å². The maximum absolute atomic E-state index is 9.68. The Labute approximate surface area is 105 Å². The zero-order valence-corrected chi connectivity index (χ0v) is 10.8. The van der Waals surface area contributed by atoms with Crippen molar-refractivity contribution in [3.8, 4) is 12.3 Å². The van der Waals surface area contributed by atoms with Gasteiger partial charge in [0.2, 0.25) is 0 Å². The van der Waals surface area contributed by atoms with E-state index in [9.17, 15) is 15.3 Å². The molecule has 0 aromatic carbocycles. The number of aliphatic hydroxyl groups is 3. The van der Waals surface area contributed by atoms with Gasteiger partial charge in [0.25, 0.3) is 0 Å². The Morgan fingerprint density at radius 2 is 1.53 bits per heavy atom. The first kappa shape index (κ1) is 16.4. The van der Waals surface area contributed by atoms with E-state index in [0.717, 1.165) is 12.8 Å². The van der Waals surface area contributed by atoms with Crippen molar-refractivity contribution in [1.29, 1.82) is 0 Å². The number of terminal acetylenes is 1. The fraction of sp³-hybridized carbons (Fsp3) is 0.857. The van der Waals surface area contributed by atoms with Crippen molar-refractivity contribution in [1.82, 2.24) is 0 Å². The Morgan fingerprint density at radius 3 is 2.12 bits per heavy atom. The Balaban J connectivity index is 3.66. The molecular formula is C14H26O3. The summed E-state index contributed by atoms with van der Waals surface area (Å²) in [6.07, 6.45) is 9.06. The summed E-state index contributed by atoms with van der Waals surface area (Å²) in [5.41, 5.74) is 0. The minimum Gasteiger partial charge on any atom is -0.390 e. The zero-order chi connectivity index (χ0) is 13.1. The van der Waals surface area contributed by atoms with E-state index in [2.05, 4.69) is 12.8 Å². The molecule has 0 bridgehead atoms. The van der Waals surface area contributed by atoms with E-state index < -0.39 is 18.3 Å². The molecule has 0 saturated heterocycles. The van der Waals surface area contributed by atoms with Crippen molar-refractivity contribution in [3.63, 3.8) is 0 Å². The fourth-order valence-corrected chi connectivity index (χ4v) is 1.79. The second kappa shape index (κ2) is 10.6. The molecule has 0 aliphatic rings. The monoisotopic (exact) mass is 242 g/mol. The first-order chi connectivity index (χ1) is 8.13. The fourth-order valence-electron chi connectivity index (χ4n) is 1.79. The van der Waals surface area contributed by atoms with E-state index in [-0.39, 0.29) is 0 Å². The van der Waals surface area contributed by atoms with Crippen LogP contribution in [0.3, 0.4) is 0 Å². The molecule has 0 aromatic rings. The van der Waals surface area contributed by atoms with Gasteiger partial charge in [-0.3, -0.25) is 0 Å². The highest BCUT2D eigenvalue weighted by Crippen LogP contribution is 2.13. The number of hydrogen-bond donors (Lipinski definition) is 3. The number of unbranched alkanes of at least 4 members (excludes halogenated alkanes) is 4. The highest BCUT2D eigenvalue weighted by atomic mass is 16.4. The van der Waals surface area contributed by atoms with E-state index in [0.29, 0.717) is 19.3 Å². The van der Waals surface area contributed by atoms with Gasteiger partial charge in [-0.25, -0.2) is 0 Å². The molecule has 3 atom stereocenters. The van der Waals surface area contributed by atoms with Crippen LogP contribution in [0.2, 0.25) is 0 Å². The summed E-state index contributed by atoms with van der Waals surface area (Å²) in [5, 5.41) is 28.9. The molecule has 0 spiro atoms. The zero-order valence-electron chi connectivity index (χ0n) is 10.8. The normalized spacial score (nSPS) is 16.2.